The zero-order valence-electron chi connectivity index (χ0n) is 10.3. The van der Waals surface area contributed by atoms with Gasteiger partial charge in [0.05, 0.1) is 12.6 Å². The molecule has 0 spiro atoms. The van der Waals surface area contributed by atoms with Crippen LogP contribution in [0.3, 0.4) is 0 Å². The van der Waals surface area contributed by atoms with Crippen molar-refractivity contribution in [3.8, 4) is 5.75 Å². The average molecular weight is 245 g/mol. The van der Waals surface area contributed by atoms with Gasteiger partial charge in [-0.25, -0.2) is 4.39 Å². The van der Waals surface area contributed by atoms with Gasteiger partial charge >= 0.3 is 0 Å². The van der Waals surface area contributed by atoms with E-state index in [4.69, 9.17) is 10.5 Å². The molecule has 94 valence electrons. The van der Waals surface area contributed by atoms with Crippen LogP contribution in [0.2, 0.25) is 0 Å². The Labute approximate surface area is 106 Å². The molecule has 3 heteroatoms. The van der Waals surface area contributed by atoms with E-state index in [1.54, 1.807) is 12.1 Å². The van der Waals surface area contributed by atoms with Crippen LogP contribution in [0, 0.1) is 5.82 Å². The molecule has 2 aromatic carbocycles. The Kier molecular flexibility index (Phi) is 3.95. The van der Waals surface area contributed by atoms with Gasteiger partial charge in [0.25, 0.3) is 0 Å². The van der Waals surface area contributed by atoms with Crippen molar-refractivity contribution >= 4 is 0 Å². The topological polar surface area (TPSA) is 35.2 Å². The Morgan fingerprint density at radius 1 is 1.11 bits per heavy atom. The summed E-state index contributed by atoms with van der Waals surface area (Å²) in [6.07, 6.45) is 0. The van der Waals surface area contributed by atoms with Crippen LogP contribution < -0.4 is 10.5 Å². The Hall–Kier alpha value is -1.87. The fourth-order valence-electron chi connectivity index (χ4n) is 1.83. The highest BCUT2D eigenvalue weighted by Gasteiger charge is 2.09. The summed E-state index contributed by atoms with van der Waals surface area (Å²) in [5, 5.41) is 0. The fraction of sp³-hybridized carbons (Fsp3) is 0.200. The third-order valence-electron chi connectivity index (χ3n) is 2.76. The minimum Gasteiger partial charge on any atom is -0.494 e. The first kappa shape index (κ1) is 12.6. The normalized spacial score (nSPS) is 12.2. The van der Waals surface area contributed by atoms with Crippen molar-refractivity contribution < 1.29 is 9.13 Å². The lowest BCUT2D eigenvalue weighted by Crippen LogP contribution is -2.11. The van der Waals surface area contributed by atoms with E-state index in [1.165, 1.54) is 12.1 Å². The molecule has 0 amide bonds. The molecule has 0 aromatic heterocycles. The van der Waals surface area contributed by atoms with Gasteiger partial charge in [0.15, 0.2) is 0 Å². The Bertz CT molecular complexity index is 510. The van der Waals surface area contributed by atoms with E-state index in [-0.39, 0.29) is 11.9 Å². The first-order valence-electron chi connectivity index (χ1n) is 5.94. The summed E-state index contributed by atoms with van der Waals surface area (Å²) in [6, 6.07) is 13.6. The lowest BCUT2D eigenvalue weighted by molar-refractivity contribution is 0.340. The maximum Gasteiger partial charge on any atom is 0.123 e. The van der Waals surface area contributed by atoms with Crippen LogP contribution in [0.25, 0.3) is 0 Å². The largest absolute Gasteiger partial charge is 0.494 e. The third-order valence-corrected chi connectivity index (χ3v) is 2.76. The molecule has 0 aliphatic heterocycles. The summed E-state index contributed by atoms with van der Waals surface area (Å²) >= 11 is 0. The molecule has 0 aliphatic carbocycles. The van der Waals surface area contributed by atoms with Crippen LogP contribution in [-0.4, -0.2) is 6.61 Å². The van der Waals surface area contributed by atoms with Gasteiger partial charge in [0.2, 0.25) is 0 Å². The summed E-state index contributed by atoms with van der Waals surface area (Å²) in [4.78, 5) is 0. The SMILES string of the molecule is CCOc1cccc(C(N)c2ccc(F)cc2)c1. The predicted molar refractivity (Wildman–Crippen MR) is 70.0 cm³/mol. The van der Waals surface area contributed by atoms with E-state index in [0.29, 0.717) is 6.61 Å². The van der Waals surface area contributed by atoms with Crippen molar-refractivity contribution in [2.75, 3.05) is 6.61 Å². The molecule has 0 heterocycles. The molecule has 0 saturated carbocycles. The third kappa shape index (κ3) is 2.87. The Morgan fingerprint density at radius 3 is 2.50 bits per heavy atom. The molecule has 18 heavy (non-hydrogen) atoms. The van der Waals surface area contributed by atoms with Crippen LogP contribution in [0.4, 0.5) is 4.39 Å². The van der Waals surface area contributed by atoms with Crippen LogP contribution in [0.5, 0.6) is 5.75 Å². The number of hydrogen-bond donors (Lipinski definition) is 1. The van der Waals surface area contributed by atoms with Crippen molar-refractivity contribution in [3.63, 3.8) is 0 Å². The molecule has 0 bridgehead atoms. The summed E-state index contributed by atoms with van der Waals surface area (Å²) in [5.74, 6) is 0.543. The van der Waals surface area contributed by atoms with E-state index in [2.05, 4.69) is 0 Å². The highest BCUT2D eigenvalue weighted by atomic mass is 19.1. The zero-order chi connectivity index (χ0) is 13.0. The molecule has 2 nitrogen and oxygen atoms in total. The lowest BCUT2D eigenvalue weighted by atomic mass is 9.99. The summed E-state index contributed by atoms with van der Waals surface area (Å²) in [5.41, 5.74) is 7.98. The average Bonchev–Trinajstić information content (AvgIpc) is 2.39. The van der Waals surface area contributed by atoms with Gasteiger partial charge in [0, 0.05) is 0 Å². The van der Waals surface area contributed by atoms with Crippen molar-refractivity contribution in [2.24, 2.45) is 5.73 Å². The van der Waals surface area contributed by atoms with Crippen molar-refractivity contribution in [3.05, 3.63) is 65.5 Å². The van der Waals surface area contributed by atoms with E-state index >= 15 is 0 Å². The zero-order valence-corrected chi connectivity index (χ0v) is 10.3. The predicted octanol–water partition coefficient (Wildman–Crippen LogP) is 3.27. The molecule has 0 saturated heterocycles. The first-order valence-corrected chi connectivity index (χ1v) is 5.94. The number of hydrogen-bond acceptors (Lipinski definition) is 2. The molecule has 1 unspecified atom stereocenters. The van der Waals surface area contributed by atoms with Crippen molar-refractivity contribution in [1.29, 1.82) is 0 Å². The van der Waals surface area contributed by atoms with E-state index in [0.717, 1.165) is 16.9 Å². The molecule has 0 aliphatic rings. The molecule has 0 radical (unpaired) electrons. The number of nitrogens with two attached hydrogens (primary N) is 1. The van der Waals surface area contributed by atoms with Gasteiger partial charge in [-0.15, -0.1) is 0 Å². The smallest absolute Gasteiger partial charge is 0.123 e. The monoisotopic (exact) mass is 245 g/mol. The minimum absolute atomic E-state index is 0.256. The first-order chi connectivity index (χ1) is 8.70. The lowest BCUT2D eigenvalue weighted by Gasteiger charge is -2.14. The van der Waals surface area contributed by atoms with E-state index in [1.807, 2.05) is 31.2 Å². The number of halogens is 1. The highest BCUT2D eigenvalue weighted by Crippen LogP contribution is 2.23. The van der Waals surface area contributed by atoms with Gasteiger partial charge in [-0.2, -0.15) is 0 Å². The van der Waals surface area contributed by atoms with Gasteiger partial charge in [-0.1, -0.05) is 24.3 Å². The summed E-state index contributed by atoms with van der Waals surface area (Å²) < 4.78 is 18.3. The molecule has 0 fully saturated rings. The van der Waals surface area contributed by atoms with E-state index < -0.39 is 0 Å². The van der Waals surface area contributed by atoms with Gasteiger partial charge in [-0.05, 0) is 42.3 Å². The quantitative estimate of drug-likeness (QED) is 0.897. The summed E-state index contributed by atoms with van der Waals surface area (Å²) in [6.45, 7) is 2.56. The standard InChI is InChI=1S/C15H16FNO/c1-2-18-14-5-3-4-12(10-14)15(17)11-6-8-13(16)9-7-11/h3-10,15H,2,17H2,1H3. The minimum atomic E-state index is -0.272. The molecule has 2 aromatic rings. The Balaban J connectivity index is 2.24. The molecular weight excluding hydrogens is 229 g/mol. The van der Waals surface area contributed by atoms with Crippen LogP contribution in [-0.2, 0) is 0 Å². The highest BCUT2D eigenvalue weighted by molar-refractivity contribution is 5.36. The second-order valence-electron chi connectivity index (χ2n) is 4.03. The van der Waals surface area contributed by atoms with Crippen LogP contribution in [0.15, 0.2) is 48.5 Å². The van der Waals surface area contributed by atoms with Gasteiger partial charge < -0.3 is 10.5 Å². The van der Waals surface area contributed by atoms with Crippen LogP contribution in [0.1, 0.15) is 24.1 Å². The second-order valence-corrected chi connectivity index (χ2v) is 4.03. The van der Waals surface area contributed by atoms with Crippen LogP contribution >= 0.6 is 0 Å². The number of ether oxygens (including phenoxy) is 1. The summed E-state index contributed by atoms with van der Waals surface area (Å²) in [7, 11) is 0. The number of benzene rings is 2. The Morgan fingerprint density at radius 2 is 1.83 bits per heavy atom. The number of rotatable bonds is 4. The maximum absolute atomic E-state index is 12.9. The molecular formula is C15H16FNO. The molecule has 1 atom stereocenters. The van der Waals surface area contributed by atoms with Crippen molar-refractivity contribution in [1.82, 2.24) is 0 Å². The maximum atomic E-state index is 12.9. The second kappa shape index (κ2) is 5.65. The van der Waals surface area contributed by atoms with E-state index in [9.17, 15) is 4.39 Å². The van der Waals surface area contributed by atoms with Gasteiger partial charge in [0.1, 0.15) is 11.6 Å². The van der Waals surface area contributed by atoms with Crippen molar-refractivity contribution in [2.45, 2.75) is 13.0 Å². The molecule has 2 N–H and O–H groups in total. The van der Waals surface area contributed by atoms with Gasteiger partial charge in [-0.3, -0.25) is 0 Å². The molecule has 2 rings (SSSR count). The fourth-order valence-corrected chi connectivity index (χ4v) is 1.83.